The monoisotopic (exact) mass is 828 g/mol. The lowest BCUT2D eigenvalue weighted by Gasteiger charge is -2.28. The molecule has 0 aliphatic rings. The minimum atomic E-state index is -4.52. The van der Waals surface area contributed by atoms with Gasteiger partial charge in [-0.3, -0.25) is 9.36 Å². The van der Waals surface area contributed by atoms with E-state index in [1.54, 1.807) is 0 Å². The molecule has 0 aliphatic heterocycles. The third kappa shape index (κ3) is 45.9. The quantitative estimate of drug-likeness (QED) is 0.0198. The molecule has 0 aromatic heterocycles. The van der Waals surface area contributed by atoms with Gasteiger partial charge in [0.1, 0.15) is 19.3 Å². The first-order valence-corrected chi connectivity index (χ1v) is 25.5. The largest absolute Gasteiger partial charge is 0.756 e. The maximum Gasteiger partial charge on any atom is 0.306 e. The molecular weight excluding hydrogens is 734 g/mol. The smallest absolute Gasteiger partial charge is 0.306 e. The lowest BCUT2D eigenvalue weighted by molar-refractivity contribution is -0.870. The lowest BCUT2D eigenvalue weighted by atomic mass is 10.0. The number of nitrogens with zero attached hydrogens (tertiary/aromatic N) is 1. The number of phosphoric acid groups is 1. The lowest BCUT2D eigenvalue weighted by Crippen LogP contribution is -2.37. The average molecular weight is 828 g/mol. The predicted octanol–water partition coefficient (Wildman–Crippen LogP) is 13.8. The zero-order valence-electron chi connectivity index (χ0n) is 38.3. The number of hydrogen-bond donors (Lipinski definition) is 0. The van der Waals surface area contributed by atoms with Gasteiger partial charge in [-0.2, -0.15) is 0 Å². The summed E-state index contributed by atoms with van der Waals surface area (Å²) in [6.45, 7) is 5.42. The van der Waals surface area contributed by atoms with Crippen LogP contribution in [-0.2, 0) is 27.9 Å². The van der Waals surface area contributed by atoms with E-state index in [2.05, 4.69) is 38.2 Å². The Bertz CT molecular complexity index is 967. The van der Waals surface area contributed by atoms with Crippen LogP contribution in [0.2, 0.25) is 0 Å². The maximum atomic E-state index is 12.7. The summed E-state index contributed by atoms with van der Waals surface area (Å²) in [6.07, 6.45) is 47.6. The number of allylic oxidation sites excluding steroid dienone is 4. The van der Waals surface area contributed by atoms with Crippen LogP contribution in [-0.4, -0.2) is 70.7 Å². The molecule has 0 heterocycles. The molecule has 0 fully saturated rings. The Labute approximate surface area is 353 Å². The summed E-state index contributed by atoms with van der Waals surface area (Å²) in [4.78, 5) is 25.1. The number of likely N-dealkylation sites (N-methyl/N-ethyl adjacent to an activating group) is 1. The van der Waals surface area contributed by atoms with Crippen molar-refractivity contribution in [3.05, 3.63) is 24.3 Å². The molecule has 9 heteroatoms. The molecule has 57 heavy (non-hydrogen) atoms. The summed E-state index contributed by atoms with van der Waals surface area (Å²) in [5.41, 5.74) is 0. The van der Waals surface area contributed by atoms with Crippen LogP contribution in [0.5, 0.6) is 0 Å². The molecule has 0 bridgehead atoms. The molecule has 8 nitrogen and oxygen atoms in total. The molecule has 0 spiro atoms. The van der Waals surface area contributed by atoms with Gasteiger partial charge in [-0.25, -0.2) is 0 Å². The van der Waals surface area contributed by atoms with E-state index in [4.69, 9.17) is 18.5 Å². The third-order valence-corrected chi connectivity index (χ3v) is 11.5. The Morgan fingerprint density at radius 2 is 0.965 bits per heavy atom. The first-order valence-electron chi connectivity index (χ1n) is 24.1. The van der Waals surface area contributed by atoms with Gasteiger partial charge < -0.3 is 27.9 Å². The van der Waals surface area contributed by atoms with E-state index in [1.807, 2.05) is 21.1 Å². The second-order valence-corrected chi connectivity index (χ2v) is 18.9. The minimum Gasteiger partial charge on any atom is -0.756 e. The van der Waals surface area contributed by atoms with Crippen molar-refractivity contribution in [2.24, 2.45) is 0 Å². The molecule has 0 amide bonds. The number of carbonyl (C=O) groups excluding carboxylic acids is 1. The van der Waals surface area contributed by atoms with E-state index >= 15 is 0 Å². The van der Waals surface area contributed by atoms with Gasteiger partial charge in [0.2, 0.25) is 0 Å². The van der Waals surface area contributed by atoms with Gasteiger partial charge in [-0.15, -0.1) is 0 Å². The Hall–Kier alpha value is -1.02. The van der Waals surface area contributed by atoms with Crippen LogP contribution >= 0.6 is 7.82 Å². The van der Waals surface area contributed by atoms with Gasteiger partial charge >= 0.3 is 5.97 Å². The number of quaternary nitrogens is 1. The van der Waals surface area contributed by atoms with Gasteiger partial charge in [0.05, 0.1) is 34.4 Å². The van der Waals surface area contributed by atoms with Crippen molar-refractivity contribution in [1.82, 2.24) is 0 Å². The zero-order valence-corrected chi connectivity index (χ0v) is 39.2. The highest BCUT2D eigenvalue weighted by atomic mass is 31.2. The fourth-order valence-corrected chi connectivity index (χ4v) is 7.48. The Balaban J connectivity index is 4.15. The highest BCUT2D eigenvalue weighted by Gasteiger charge is 2.20. The molecule has 0 radical (unpaired) electrons. The van der Waals surface area contributed by atoms with E-state index in [1.165, 1.54) is 161 Å². The normalized spacial score (nSPS) is 13.9. The Kier molecular flexibility index (Phi) is 41.0. The molecule has 2 unspecified atom stereocenters. The number of phosphoric ester groups is 1. The predicted molar refractivity (Wildman–Crippen MR) is 240 cm³/mol. The highest BCUT2D eigenvalue weighted by molar-refractivity contribution is 7.45. The first kappa shape index (κ1) is 56.0. The van der Waals surface area contributed by atoms with Crippen molar-refractivity contribution in [3.63, 3.8) is 0 Å². The van der Waals surface area contributed by atoms with Crippen molar-refractivity contribution >= 4 is 13.8 Å². The van der Waals surface area contributed by atoms with Crippen LogP contribution in [0.1, 0.15) is 219 Å². The summed E-state index contributed by atoms with van der Waals surface area (Å²) in [7, 11) is 1.36. The van der Waals surface area contributed by atoms with Gasteiger partial charge in [0.25, 0.3) is 7.82 Å². The van der Waals surface area contributed by atoms with Gasteiger partial charge in [-0.05, 0) is 44.9 Å². The molecule has 0 aliphatic carbocycles. The standard InChI is InChI=1S/C48H94NO7P/c1-6-8-10-12-14-16-18-20-22-23-24-25-26-28-30-32-34-36-38-40-43-53-45-47(46-55-57(51,52)54-44-42-49(3,4)5)56-48(50)41-39-37-35-33-31-29-27-21-19-17-15-13-11-9-7-2/h14,16,20,22,47H,6-13,15,17-19,21,23-46H2,1-5H3/b16-14-,22-20-. The molecule has 2 atom stereocenters. The average Bonchev–Trinajstić information content (AvgIpc) is 3.16. The summed E-state index contributed by atoms with van der Waals surface area (Å²) >= 11 is 0. The second-order valence-electron chi connectivity index (χ2n) is 17.5. The fraction of sp³-hybridized carbons (Fsp3) is 0.896. The molecule has 0 aromatic rings. The second kappa shape index (κ2) is 41.7. The Morgan fingerprint density at radius 3 is 1.46 bits per heavy atom. The van der Waals surface area contributed by atoms with Crippen molar-refractivity contribution in [1.29, 1.82) is 0 Å². The fourth-order valence-electron chi connectivity index (χ4n) is 6.75. The SMILES string of the molecule is CCCCC/C=C\C/C=C\CCCCCCCCCCCCOCC(COP(=O)([O-])OCC[N+](C)(C)C)OC(=O)CCCCCCCCCCCCCCCCC. The van der Waals surface area contributed by atoms with Crippen LogP contribution in [0.4, 0.5) is 0 Å². The van der Waals surface area contributed by atoms with Crippen LogP contribution in [0.3, 0.4) is 0 Å². The minimum absolute atomic E-state index is 0.0278. The van der Waals surface area contributed by atoms with E-state index in [9.17, 15) is 14.3 Å². The summed E-state index contributed by atoms with van der Waals surface area (Å²) < 4.78 is 34.7. The van der Waals surface area contributed by atoms with E-state index in [0.717, 1.165) is 38.5 Å². The third-order valence-electron chi connectivity index (χ3n) is 10.5. The summed E-state index contributed by atoms with van der Waals surface area (Å²) in [5.74, 6) is -0.332. The van der Waals surface area contributed by atoms with Gasteiger partial charge in [-0.1, -0.05) is 192 Å². The summed E-state index contributed by atoms with van der Waals surface area (Å²) in [6, 6.07) is 0. The molecule has 0 aromatic carbocycles. The van der Waals surface area contributed by atoms with E-state index in [-0.39, 0.29) is 25.8 Å². The van der Waals surface area contributed by atoms with Crippen LogP contribution in [0, 0.1) is 0 Å². The van der Waals surface area contributed by atoms with Crippen molar-refractivity contribution in [2.75, 3.05) is 54.1 Å². The topological polar surface area (TPSA) is 94.1 Å². The van der Waals surface area contributed by atoms with Crippen LogP contribution in [0.25, 0.3) is 0 Å². The zero-order chi connectivity index (χ0) is 42.0. The van der Waals surface area contributed by atoms with E-state index < -0.39 is 13.9 Å². The van der Waals surface area contributed by atoms with Gasteiger partial charge in [0, 0.05) is 13.0 Å². The van der Waals surface area contributed by atoms with Crippen molar-refractivity contribution in [3.8, 4) is 0 Å². The van der Waals surface area contributed by atoms with Gasteiger partial charge in [0.15, 0.2) is 0 Å². The molecule has 0 rings (SSSR count). The van der Waals surface area contributed by atoms with Crippen LogP contribution < -0.4 is 4.89 Å². The Morgan fingerprint density at radius 1 is 0.544 bits per heavy atom. The van der Waals surface area contributed by atoms with E-state index in [0.29, 0.717) is 24.1 Å². The van der Waals surface area contributed by atoms with Crippen molar-refractivity contribution in [2.45, 2.75) is 225 Å². The number of carbonyl (C=O) groups is 1. The first-order chi connectivity index (χ1) is 27.6. The highest BCUT2D eigenvalue weighted by Crippen LogP contribution is 2.38. The number of ether oxygens (including phenoxy) is 2. The van der Waals surface area contributed by atoms with Crippen LogP contribution in [0.15, 0.2) is 24.3 Å². The maximum absolute atomic E-state index is 12.7. The molecule has 0 saturated heterocycles. The molecule has 0 saturated carbocycles. The molecular formula is C48H94NO7P. The van der Waals surface area contributed by atoms with Crippen molar-refractivity contribution < 1.29 is 37.3 Å². The molecule has 338 valence electrons. The number of esters is 1. The number of unbranched alkanes of at least 4 members (excludes halogenated alkanes) is 27. The molecule has 0 N–H and O–H groups in total. The summed E-state index contributed by atoms with van der Waals surface area (Å²) in [5, 5.41) is 0. The number of rotatable bonds is 45. The number of hydrogen-bond acceptors (Lipinski definition) is 7.